The van der Waals surface area contributed by atoms with E-state index in [-0.39, 0.29) is 12.0 Å². The van der Waals surface area contributed by atoms with Crippen LogP contribution >= 0.6 is 0 Å². The van der Waals surface area contributed by atoms with Gasteiger partial charge in [0.2, 0.25) is 5.82 Å². The molecule has 3 rings (SSSR count). The predicted octanol–water partition coefficient (Wildman–Crippen LogP) is 4.00. The molecule has 0 aliphatic heterocycles. The van der Waals surface area contributed by atoms with Gasteiger partial charge in [0.05, 0.1) is 17.7 Å². The van der Waals surface area contributed by atoms with Crippen molar-refractivity contribution in [3.05, 3.63) is 65.5 Å². The predicted molar refractivity (Wildman–Crippen MR) is 94.1 cm³/mol. The Morgan fingerprint density at radius 2 is 1.52 bits per heavy atom. The average Bonchev–Trinajstić information content (AvgIpc) is 3.21. The quantitative estimate of drug-likeness (QED) is 0.499. The van der Waals surface area contributed by atoms with E-state index < -0.39 is 60.3 Å². The first-order valence-corrected chi connectivity index (χ1v) is 8.89. The maximum Gasteiger partial charge on any atom is 0.416 e. The molecule has 1 amide bonds. The van der Waals surface area contributed by atoms with Crippen LogP contribution in [0.15, 0.2) is 43.0 Å². The molecule has 0 radical (unpaired) electrons. The zero-order chi connectivity index (χ0) is 24.4. The van der Waals surface area contributed by atoms with Crippen LogP contribution in [0.3, 0.4) is 0 Å². The molecular weight excluding hydrogens is 468 g/mol. The summed E-state index contributed by atoms with van der Waals surface area (Å²) in [5.41, 5.74) is -3.94. The smallest absolute Gasteiger partial charge is 0.326 e. The zero-order valence-electron chi connectivity index (χ0n) is 16.1. The number of carbonyl (C=O) groups is 1. The van der Waals surface area contributed by atoms with Gasteiger partial charge in [-0.3, -0.25) is 4.79 Å². The van der Waals surface area contributed by atoms with E-state index >= 15 is 0 Å². The van der Waals surface area contributed by atoms with Crippen LogP contribution in [0.25, 0.3) is 5.95 Å². The van der Waals surface area contributed by atoms with E-state index in [2.05, 4.69) is 20.1 Å². The van der Waals surface area contributed by atoms with E-state index in [9.17, 15) is 39.9 Å². The van der Waals surface area contributed by atoms with Crippen LogP contribution in [-0.4, -0.2) is 48.5 Å². The molecule has 2 heterocycles. The van der Waals surface area contributed by atoms with Gasteiger partial charge in [-0.2, -0.15) is 36.1 Å². The maximum absolute atomic E-state index is 13.1. The highest BCUT2D eigenvalue weighted by Gasteiger charge is 2.37. The lowest BCUT2D eigenvalue weighted by molar-refractivity contribution is -0.143. The Bertz CT molecular complexity index is 1080. The summed E-state index contributed by atoms with van der Waals surface area (Å²) in [5.74, 6) is -1.95. The minimum absolute atomic E-state index is 0.105. The molecule has 0 aliphatic rings. The lowest BCUT2D eigenvalue weighted by atomic mass is 10.0. The van der Waals surface area contributed by atoms with Crippen LogP contribution in [0.5, 0.6) is 0 Å². The molecule has 0 saturated heterocycles. The highest BCUT2D eigenvalue weighted by atomic mass is 19.4. The lowest BCUT2D eigenvalue weighted by Gasteiger charge is -2.23. The van der Waals surface area contributed by atoms with Crippen LogP contribution < -0.4 is 0 Å². The maximum atomic E-state index is 13.1. The summed E-state index contributed by atoms with van der Waals surface area (Å²) in [4.78, 5) is 24.5. The number of aromatic nitrogens is 5. The van der Waals surface area contributed by atoms with Crippen molar-refractivity contribution in [1.29, 1.82) is 0 Å². The average molecular weight is 480 g/mol. The highest BCUT2D eigenvalue weighted by molar-refractivity contribution is 5.91. The summed E-state index contributed by atoms with van der Waals surface area (Å²) in [6, 6.07) is 2.04. The molecule has 15 heteroatoms. The number of rotatable bonds is 6. The minimum atomic E-state index is -5.14. The van der Waals surface area contributed by atoms with E-state index in [4.69, 9.17) is 0 Å². The third-order valence-electron chi connectivity index (χ3n) is 4.15. The van der Waals surface area contributed by atoms with Gasteiger partial charge in [0.1, 0.15) is 6.33 Å². The molecule has 0 spiro atoms. The summed E-state index contributed by atoms with van der Waals surface area (Å²) in [7, 11) is 0. The molecular formula is C18H12F8N6O. The Hall–Kier alpha value is -3.65. The molecule has 3 aromatic rings. The van der Waals surface area contributed by atoms with Crippen LogP contribution in [0, 0.1) is 0 Å². The number of benzene rings is 1. The zero-order valence-corrected chi connectivity index (χ0v) is 16.1. The van der Waals surface area contributed by atoms with Gasteiger partial charge in [-0.15, -0.1) is 0 Å². The van der Waals surface area contributed by atoms with Gasteiger partial charge in [0, 0.05) is 18.9 Å². The lowest BCUT2D eigenvalue weighted by Crippen LogP contribution is -2.36. The van der Waals surface area contributed by atoms with Gasteiger partial charge in [-0.05, 0) is 29.8 Å². The minimum Gasteiger partial charge on any atom is -0.326 e. The first kappa shape index (κ1) is 24.0. The van der Waals surface area contributed by atoms with Crippen molar-refractivity contribution in [2.45, 2.75) is 25.3 Å². The number of hydrogen-bond donors (Lipinski definition) is 0. The normalized spacial score (nSPS) is 12.3. The number of hydrogen-bond acceptors (Lipinski definition) is 5. The molecule has 0 N–H and O–H groups in total. The summed E-state index contributed by atoms with van der Waals surface area (Å²) in [6.07, 6.45) is -9.97. The number of nitrogens with zero attached hydrogens (tertiary/aromatic N) is 6. The Kier molecular flexibility index (Phi) is 6.60. The molecule has 33 heavy (non-hydrogen) atoms. The molecule has 7 nitrogen and oxygen atoms in total. The third-order valence-corrected chi connectivity index (χ3v) is 4.15. The largest absolute Gasteiger partial charge is 0.416 e. The van der Waals surface area contributed by atoms with Crippen LogP contribution in [0.1, 0.15) is 27.3 Å². The van der Waals surface area contributed by atoms with Gasteiger partial charge >= 0.3 is 12.4 Å². The molecule has 0 unspecified atom stereocenters. The van der Waals surface area contributed by atoms with Gasteiger partial charge in [-0.1, -0.05) is 0 Å². The monoisotopic (exact) mass is 480 g/mol. The Morgan fingerprint density at radius 3 is 2.03 bits per heavy atom. The first-order chi connectivity index (χ1) is 15.4. The van der Waals surface area contributed by atoms with Gasteiger partial charge < -0.3 is 4.90 Å². The third kappa shape index (κ3) is 5.78. The Labute approximate surface area is 179 Å². The second-order valence-corrected chi connectivity index (χ2v) is 6.54. The van der Waals surface area contributed by atoms with Crippen molar-refractivity contribution in [2.24, 2.45) is 0 Å². The fourth-order valence-electron chi connectivity index (χ4n) is 2.79. The fourth-order valence-corrected chi connectivity index (χ4v) is 2.79. The van der Waals surface area contributed by atoms with Crippen LogP contribution in [0.4, 0.5) is 35.1 Å². The van der Waals surface area contributed by atoms with Crippen molar-refractivity contribution in [3.8, 4) is 5.95 Å². The van der Waals surface area contributed by atoms with E-state index in [1.165, 1.54) is 18.5 Å². The standard InChI is InChI=1S/C18H12F8N6O/c19-13(20)8-31(15(33)14-29-9-30-32(14)16-27-2-1-3-28-16)7-10-4-11(17(21,22)23)6-12(5-10)18(24,25)26/h1-6,9,13H,7-8H2. The van der Waals surface area contributed by atoms with Crippen molar-refractivity contribution in [3.63, 3.8) is 0 Å². The molecule has 176 valence electrons. The highest BCUT2D eigenvalue weighted by Crippen LogP contribution is 2.36. The van der Waals surface area contributed by atoms with E-state index in [1.54, 1.807) is 0 Å². The van der Waals surface area contributed by atoms with Crippen molar-refractivity contribution >= 4 is 5.91 Å². The molecule has 0 fully saturated rings. The van der Waals surface area contributed by atoms with Gasteiger partial charge in [-0.25, -0.2) is 23.7 Å². The topological polar surface area (TPSA) is 76.8 Å². The SMILES string of the molecule is O=C(c1ncnn1-c1ncccn1)N(Cc1cc(C(F)(F)F)cc(C(F)(F)F)c1)CC(F)F. The molecule has 0 bridgehead atoms. The molecule has 0 saturated carbocycles. The van der Waals surface area contributed by atoms with E-state index in [1.807, 2.05) is 0 Å². The van der Waals surface area contributed by atoms with Crippen molar-refractivity contribution in [1.82, 2.24) is 29.6 Å². The van der Waals surface area contributed by atoms with E-state index in [0.717, 1.165) is 11.0 Å². The first-order valence-electron chi connectivity index (χ1n) is 8.89. The van der Waals surface area contributed by atoms with Crippen LogP contribution in [0.2, 0.25) is 0 Å². The van der Waals surface area contributed by atoms with Gasteiger partial charge in [0.15, 0.2) is 0 Å². The van der Waals surface area contributed by atoms with Crippen molar-refractivity contribution < 1.29 is 39.9 Å². The Morgan fingerprint density at radius 1 is 0.939 bits per heavy atom. The second-order valence-electron chi connectivity index (χ2n) is 6.54. The molecule has 1 aromatic carbocycles. The summed E-state index contributed by atoms with van der Waals surface area (Å²) in [5, 5.41) is 3.72. The number of amides is 1. The Balaban J connectivity index is 2.01. The molecule has 0 atom stereocenters. The van der Waals surface area contributed by atoms with E-state index in [0.29, 0.717) is 17.0 Å². The van der Waals surface area contributed by atoms with Gasteiger partial charge in [0.25, 0.3) is 18.3 Å². The van der Waals surface area contributed by atoms with Crippen molar-refractivity contribution in [2.75, 3.05) is 6.54 Å². The summed E-state index contributed by atoms with van der Waals surface area (Å²) >= 11 is 0. The van der Waals surface area contributed by atoms with Crippen LogP contribution in [-0.2, 0) is 18.9 Å². The molecule has 0 aliphatic carbocycles. The number of alkyl halides is 8. The summed E-state index contributed by atoms with van der Waals surface area (Å²) in [6.45, 7) is -2.28. The molecule has 2 aromatic heterocycles. The fraction of sp³-hybridized carbons (Fsp3) is 0.278. The second kappa shape index (κ2) is 9.07. The number of carbonyl (C=O) groups excluding carboxylic acids is 1. The summed E-state index contributed by atoms with van der Waals surface area (Å²) < 4.78 is 106. The number of halogens is 8.